The lowest BCUT2D eigenvalue weighted by Gasteiger charge is -2.26. The summed E-state index contributed by atoms with van der Waals surface area (Å²) in [7, 11) is 0. The molecular weight excluding hydrogens is 313 g/mol. The highest BCUT2D eigenvalue weighted by atomic mass is 19.2. The molecule has 23 heavy (non-hydrogen) atoms. The molecular formula is C12H12FN5O5. The Morgan fingerprint density at radius 1 is 1.65 bits per heavy atom. The summed E-state index contributed by atoms with van der Waals surface area (Å²) in [5.41, 5.74) is 1.95. The number of hydrogen-bond acceptors (Lipinski definition) is 8. The average Bonchev–Trinajstić information content (AvgIpc) is 3.01. The Balaban J connectivity index is 2.22. The average molecular weight is 325 g/mol. The Hall–Kier alpha value is -2.52. The van der Waals surface area contributed by atoms with Gasteiger partial charge >= 0.3 is 0 Å². The third-order valence-electron chi connectivity index (χ3n) is 3.66. The fraction of sp³-hybridized carbons (Fsp3) is 0.417. The van der Waals surface area contributed by atoms with Gasteiger partial charge in [-0.05, 0) is 0 Å². The van der Waals surface area contributed by atoms with E-state index in [0.717, 1.165) is 10.9 Å². The van der Waals surface area contributed by atoms with Gasteiger partial charge in [-0.1, -0.05) is 5.92 Å². The molecule has 10 nitrogen and oxygen atoms in total. The first-order valence-corrected chi connectivity index (χ1v) is 6.35. The van der Waals surface area contributed by atoms with Gasteiger partial charge < -0.3 is 25.8 Å². The van der Waals surface area contributed by atoms with E-state index in [4.69, 9.17) is 22.0 Å². The van der Waals surface area contributed by atoms with Gasteiger partial charge in [-0.25, -0.2) is 9.37 Å². The minimum Gasteiger partial charge on any atom is -0.390 e. The summed E-state index contributed by atoms with van der Waals surface area (Å²) < 4.78 is 20.3. The molecule has 1 fully saturated rings. The Bertz CT molecular complexity index is 875. The zero-order chi connectivity index (χ0) is 17.0. The normalized spacial score (nSPS) is 33.9. The molecule has 0 unspecified atom stereocenters. The lowest BCUT2D eigenvalue weighted by atomic mass is 9.94. The maximum Gasteiger partial charge on any atom is 0.280 e. The van der Waals surface area contributed by atoms with Gasteiger partial charge in [0.2, 0.25) is 11.5 Å². The molecule has 6 N–H and O–H groups in total. The van der Waals surface area contributed by atoms with Gasteiger partial charge in [0, 0.05) is 0 Å². The van der Waals surface area contributed by atoms with Crippen LogP contribution in [0.25, 0.3) is 11.2 Å². The van der Waals surface area contributed by atoms with Gasteiger partial charge in [-0.15, -0.1) is 6.42 Å². The number of terminal acetylenes is 1. The largest absolute Gasteiger partial charge is 0.390 e. The Morgan fingerprint density at radius 3 is 2.96 bits per heavy atom. The molecule has 3 rings (SSSR count). The van der Waals surface area contributed by atoms with Crippen LogP contribution in [0.1, 0.15) is 6.23 Å². The molecule has 0 amide bonds. The Morgan fingerprint density at radius 2 is 2.35 bits per heavy atom. The molecule has 0 radical (unpaired) electrons. The fourth-order valence-electron chi connectivity index (χ4n) is 2.46. The molecule has 122 valence electrons. The van der Waals surface area contributed by atoms with Crippen molar-refractivity contribution in [3.63, 3.8) is 0 Å². The molecule has 11 heteroatoms. The van der Waals surface area contributed by atoms with Crippen LogP contribution in [0.4, 0.5) is 10.3 Å². The van der Waals surface area contributed by atoms with Gasteiger partial charge in [-0.2, -0.15) is 4.98 Å². The summed E-state index contributed by atoms with van der Waals surface area (Å²) in [6.07, 6.45) is 2.28. The minimum absolute atomic E-state index is 0.140. The van der Waals surface area contributed by atoms with Gasteiger partial charge in [0.15, 0.2) is 23.5 Å². The van der Waals surface area contributed by atoms with Crippen LogP contribution in [0.3, 0.4) is 0 Å². The molecule has 1 aliphatic heterocycles. The first-order valence-electron chi connectivity index (χ1n) is 6.35. The highest BCUT2D eigenvalue weighted by Crippen LogP contribution is 2.45. The molecule has 2 aromatic rings. The summed E-state index contributed by atoms with van der Waals surface area (Å²) in [4.78, 5) is 21.6. The van der Waals surface area contributed by atoms with Gasteiger partial charge in [-0.3, -0.25) is 14.3 Å². The van der Waals surface area contributed by atoms with E-state index in [1.54, 1.807) is 0 Å². The predicted octanol–water partition coefficient (Wildman–Crippen LogP) is -2.39. The molecule has 0 aromatic carbocycles. The number of hydrogen-bond donors (Lipinski definition) is 5. The highest BCUT2D eigenvalue weighted by Gasteiger charge is 2.64. The van der Waals surface area contributed by atoms with E-state index >= 15 is 0 Å². The van der Waals surface area contributed by atoms with Crippen molar-refractivity contribution in [2.75, 3.05) is 12.3 Å². The Kier molecular flexibility index (Phi) is 3.17. The minimum atomic E-state index is -3.00. The number of halogens is 1. The first-order chi connectivity index (χ1) is 10.8. The van der Waals surface area contributed by atoms with E-state index in [1.165, 1.54) is 0 Å². The lowest BCUT2D eigenvalue weighted by Crippen LogP contribution is -2.49. The van der Waals surface area contributed by atoms with Crippen LogP contribution in [0.15, 0.2) is 11.1 Å². The third kappa shape index (κ3) is 1.93. The summed E-state index contributed by atoms with van der Waals surface area (Å²) in [5, 5.41) is 29.4. The summed E-state index contributed by atoms with van der Waals surface area (Å²) in [6.45, 7) is -1.25. The van der Waals surface area contributed by atoms with E-state index in [9.17, 15) is 19.4 Å². The summed E-state index contributed by atoms with van der Waals surface area (Å²) in [6, 6.07) is 0. The van der Waals surface area contributed by atoms with Crippen molar-refractivity contribution < 1.29 is 24.4 Å². The number of H-pyrrole nitrogens is 1. The van der Waals surface area contributed by atoms with Gasteiger partial charge in [0.05, 0.1) is 6.33 Å². The summed E-state index contributed by atoms with van der Waals surface area (Å²) >= 11 is 0. The lowest BCUT2D eigenvalue weighted by molar-refractivity contribution is -0.206. The van der Waals surface area contributed by atoms with Crippen LogP contribution in [0.2, 0.25) is 0 Å². The second-order valence-corrected chi connectivity index (χ2v) is 5.06. The topological polar surface area (TPSA) is 160 Å². The van der Waals surface area contributed by atoms with Crippen molar-refractivity contribution in [3.8, 4) is 12.3 Å². The maximum atomic E-state index is 14.4. The number of rotatable bonds is 2. The second kappa shape index (κ2) is 4.74. The molecule has 2 aromatic heterocycles. The van der Waals surface area contributed by atoms with Crippen molar-refractivity contribution in [1.29, 1.82) is 0 Å². The van der Waals surface area contributed by atoms with Crippen LogP contribution in [0, 0.1) is 12.3 Å². The molecule has 0 bridgehead atoms. The molecule has 0 spiro atoms. The number of aliphatic hydroxyl groups is 3. The maximum absolute atomic E-state index is 14.4. The number of fused-ring (bicyclic) bond motifs is 1. The zero-order valence-electron chi connectivity index (χ0n) is 11.5. The van der Waals surface area contributed by atoms with Crippen molar-refractivity contribution in [1.82, 2.24) is 19.5 Å². The SMILES string of the molecule is C#C[C@]1(O)[C@H](n2cnc3c(=O)[nH]c(N)nc32)O[C@](F)(CO)[C@H]1O. The monoisotopic (exact) mass is 325 g/mol. The quantitative estimate of drug-likeness (QED) is 0.382. The van der Waals surface area contributed by atoms with Crippen LogP contribution >= 0.6 is 0 Å². The van der Waals surface area contributed by atoms with Crippen molar-refractivity contribution in [2.24, 2.45) is 0 Å². The van der Waals surface area contributed by atoms with Crippen molar-refractivity contribution in [2.45, 2.75) is 23.8 Å². The van der Waals surface area contributed by atoms with Gasteiger partial charge in [0.1, 0.15) is 6.61 Å². The van der Waals surface area contributed by atoms with Crippen LogP contribution < -0.4 is 11.3 Å². The number of anilines is 1. The highest BCUT2D eigenvalue weighted by molar-refractivity contribution is 5.70. The number of nitrogens with zero attached hydrogens (tertiary/aromatic N) is 3. The molecule has 1 aliphatic rings. The third-order valence-corrected chi connectivity index (χ3v) is 3.66. The van der Waals surface area contributed by atoms with E-state index < -0.39 is 36.0 Å². The number of nitrogens with one attached hydrogen (secondary N) is 1. The number of nitrogens with two attached hydrogens (primary N) is 1. The smallest absolute Gasteiger partial charge is 0.280 e. The second-order valence-electron chi connectivity index (χ2n) is 5.06. The number of aromatic amines is 1. The molecule has 3 heterocycles. The number of aliphatic hydroxyl groups excluding tert-OH is 2. The first kappa shape index (κ1) is 15.4. The number of nitrogen functional groups attached to an aromatic ring is 1. The molecule has 0 saturated carbocycles. The predicted molar refractivity (Wildman–Crippen MR) is 73.4 cm³/mol. The number of ether oxygens (including phenoxy) is 1. The fourth-order valence-corrected chi connectivity index (χ4v) is 2.46. The number of alkyl halides is 1. The molecule has 1 saturated heterocycles. The zero-order valence-corrected chi connectivity index (χ0v) is 11.5. The van der Waals surface area contributed by atoms with Crippen molar-refractivity contribution in [3.05, 3.63) is 16.7 Å². The standard InChI is InChI=1S/C12H12FN5O5/c1-2-11(22)8(21)12(13,3-19)23-9(11)18-4-15-5-6(18)16-10(14)17-7(5)20/h1,4,8-9,19,21-22H,3H2,(H3,14,16,17,20)/t8-,9+,11+,12+/m0/s1. The van der Waals surface area contributed by atoms with E-state index in [-0.39, 0.29) is 17.1 Å². The van der Waals surface area contributed by atoms with Crippen molar-refractivity contribution >= 4 is 17.1 Å². The van der Waals surface area contributed by atoms with Crippen LogP contribution in [-0.2, 0) is 4.74 Å². The number of imidazole rings is 1. The number of aromatic nitrogens is 4. The van der Waals surface area contributed by atoms with E-state index in [0.29, 0.717) is 0 Å². The van der Waals surface area contributed by atoms with Crippen LogP contribution in [0.5, 0.6) is 0 Å². The molecule has 0 aliphatic carbocycles. The van der Waals surface area contributed by atoms with E-state index in [2.05, 4.69) is 15.0 Å². The summed E-state index contributed by atoms with van der Waals surface area (Å²) in [5.74, 6) is -1.41. The van der Waals surface area contributed by atoms with Gasteiger partial charge in [0.25, 0.3) is 11.4 Å². The van der Waals surface area contributed by atoms with E-state index in [1.807, 2.05) is 5.92 Å². The Labute approximate surface area is 127 Å². The molecule has 4 atom stereocenters. The van der Waals surface area contributed by atoms with Crippen LogP contribution in [-0.4, -0.2) is 59.0 Å².